The van der Waals surface area contributed by atoms with Crippen LogP contribution in [0.15, 0.2) is 46.9 Å². The number of rotatable bonds is 3. The zero-order valence-corrected chi connectivity index (χ0v) is 12.6. The molecule has 2 aromatic carbocycles. The molecule has 0 saturated carbocycles. The number of nitriles is 1. The maximum atomic E-state index is 13.3. The van der Waals surface area contributed by atoms with Crippen LogP contribution in [0.3, 0.4) is 0 Å². The molecule has 0 unspecified atom stereocenters. The van der Waals surface area contributed by atoms with Gasteiger partial charge in [-0.3, -0.25) is 0 Å². The Bertz CT molecular complexity index is 848. The molecule has 3 rings (SSSR count). The van der Waals surface area contributed by atoms with Crippen molar-refractivity contribution in [1.82, 2.24) is 9.55 Å². The maximum Gasteiger partial charge on any atom is 0.137 e. The molecule has 104 valence electrons. The number of nitrogens with zero attached hydrogens (tertiary/aromatic N) is 3. The van der Waals surface area contributed by atoms with Gasteiger partial charge in [0.2, 0.25) is 0 Å². The van der Waals surface area contributed by atoms with Crippen LogP contribution in [0.5, 0.6) is 0 Å². The summed E-state index contributed by atoms with van der Waals surface area (Å²) in [5, 5.41) is 8.96. The highest BCUT2D eigenvalue weighted by Gasteiger charge is 2.11. The summed E-state index contributed by atoms with van der Waals surface area (Å²) >= 11 is 3.20. The van der Waals surface area contributed by atoms with Gasteiger partial charge in [0.25, 0.3) is 0 Å². The first-order valence-corrected chi connectivity index (χ1v) is 7.23. The van der Waals surface area contributed by atoms with Crippen molar-refractivity contribution in [2.24, 2.45) is 0 Å². The van der Waals surface area contributed by atoms with E-state index in [1.54, 1.807) is 12.1 Å². The highest BCUT2D eigenvalue weighted by Crippen LogP contribution is 2.21. The predicted octanol–water partition coefficient (Wildman–Crippen LogP) is 4.05. The Kier molecular flexibility index (Phi) is 3.72. The van der Waals surface area contributed by atoms with Crippen molar-refractivity contribution in [2.75, 3.05) is 0 Å². The van der Waals surface area contributed by atoms with E-state index in [2.05, 4.69) is 27.0 Å². The first-order chi connectivity index (χ1) is 10.2. The van der Waals surface area contributed by atoms with Crippen molar-refractivity contribution >= 4 is 27.0 Å². The number of para-hydroxylation sites is 2. The van der Waals surface area contributed by atoms with E-state index in [1.165, 1.54) is 6.07 Å². The van der Waals surface area contributed by atoms with Crippen molar-refractivity contribution in [2.45, 2.75) is 13.0 Å². The third kappa shape index (κ3) is 2.67. The lowest BCUT2D eigenvalue weighted by atomic mass is 10.2. The minimum absolute atomic E-state index is 0.247. The van der Waals surface area contributed by atoms with Gasteiger partial charge in [0.1, 0.15) is 11.6 Å². The lowest BCUT2D eigenvalue weighted by molar-refractivity contribution is 0.619. The third-order valence-corrected chi connectivity index (χ3v) is 3.90. The second kappa shape index (κ2) is 5.66. The lowest BCUT2D eigenvalue weighted by Crippen LogP contribution is -2.05. The van der Waals surface area contributed by atoms with E-state index in [0.717, 1.165) is 22.4 Å². The molecule has 0 saturated heterocycles. The lowest BCUT2D eigenvalue weighted by Gasteiger charge is -2.08. The molecule has 0 bridgehead atoms. The molecule has 0 fully saturated rings. The highest BCUT2D eigenvalue weighted by molar-refractivity contribution is 9.10. The maximum absolute atomic E-state index is 13.3. The average molecular weight is 344 g/mol. The topological polar surface area (TPSA) is 41.6 Å². The molecule has 5 heteroatoms. The summed E-state index contributed by atoms with van der Waals surface area (Å²) in [5.74, 6) is 0.436. The first kappa shape index (κ1) is 13.8. The molecule has 0 spiro atoms. The molecule has 21 heavy (non-hydrogen) atoms. The Morgan fingerprint density at radius 1 is 1.24 bits per heavy atom. The minimum atomic E-state index is -0.286. The number of fused-ring (bicyclic) bond motifs is 1. The molecule has 0 aliphatic heterocycles. The molecule has 0 aliphatic rings. The quantitative estimate of drug-likeness (QED) is 0.719. The number of benzene rings is 2. The Balaban J connectivity index is 2.08. The van der Waals surface area contributed by atoms with E-state index >= 15 is 0 Å². The van der Waals surface area contributed by atoms with Gasteiger partial charge < -0.3 is 4.57 Å². The SMILES string of the molecule is N#CCc1nc2ccccc2n1Cc1ccc(F)c(Br)c1. The fourth-order valence-electron chi connectivity index (χ4n) is 2.33. The molecule has 1 heterocycles. The summed E-state index contributed by atoms with van der Waals surface area (Å²) in [4.78, 5) is 4.49. The molecule has 0 atom stereocenters. The van der Waals surface area contributed by atoms with Crippen LogP contribution in [0.2, 0.25) is 0 Å². The standard InChI is InChI=1S/C16H11BrFN3/c17-12-9-11(5-6-13(12)18)10-21-15-4-2-1-3-14(15)20-16(21)7-8-19/h1-6,9H,7,10H2. The van der Waals surface area contributed by atoms with Crippen LogP contribution in [0.25, 0.3) is 11.0 Å². The summed E-state index contributed by atoms with van der Waals surface area (Å²) in [6.45, 7) is 0.552. The summed E-state index contributed by atoms with van der Waals surface area (Å²) < 4.78 is 15.8. The van der Waals surface area contributed by atoms with Gasteiger partial charge in [0.15, 0.2) is 0 Å². The van der Waals surface area contributed by atoms with Gasteiger partial charge in [0.05, 0.1) is 28.0 Å². The molecule has 0 N–H and O–H groups in total. The third-order valence-electron chi connectivity index (χ3n) is 3.30. The van der Waals surface area contributed by atoms with Gasteiger partial charge in [-0.05, 0) is 45.8 Å². The van der Waals surface area contributed by atoms with Crippen LogP contribution in [-0.2, 0) is 13.0 Å². The van der Waals surface area contributed by atoms with E-state index in [4.69, 9.17) is 5.26 Å². The normalized spacial score (nSPS) is 10.7. The smallest absolute Gasteiger partial charge is 0.137 e. The van der Waals surface area contributed by atoms with Crippen molar-refractivity contribution in [3.8, 4) is 6.07 Å². The van der Waals surface area contributed by atoms with Crippen LogP contribution in [0, 0.1) is 17.1 Å². The minimum Gasteiger partial charge on any atom is -0.323 e. The van der Waals surface area contributed by atoms with Crippen molar-refractivity contribution in [3.05, 3.63) is 64.1 Å². The molecular formula is C16H11BrFN3. The van der Waals surface area contributed by atoms with Crippen LogP contribution in [-0.4, -0.2) is 9.55 Å². The van der Waals surface area contributed by atoms with Crippen molar-refractivity contribution in [1.29, 1.82) is 5.26 Å². The monoisotopic (exact) mass is 343 g/mol. The van der Waals surface area contributed by atoms with Gasteiger partial charge in [0, 0.05) is 6.54 Å². The molecule has 0 radical (unpaired) electrons. The number of halogens is 2. The Labute approximate surface area is 129 Å². The van der Waals surface area contributed by atoms with Crippen molar-refractivity contribution < 1.29 is 4.39 Å². The Morgan fingerprint density at radius 2 is 2.05 bits per heavy atom. The zero-order valence-electron chi connectivity index (χ0n) is 11.1. The largest absolute Gasteiger partial charge is 0.323 e. The average Bonchev–Trinajstić information content (AvgIpc) is 2.81. The van der Waals surface area contributed by atoms with E-state index in [1.807, 2.05) is 28.8 Å². The highest BCUT2D eigenvalue weighted by atomic mass is 79.9. The first-order valence-electron chi connectivity index (χ1n) is 6.44. The van der Waals surface area contributed by atoms with Crippen LogP contribution < -0.4 is 0 Å². The van der Waals surface area contributed by atoms with Crippen LogP contribution >= 0.6 is 15.9 Å². The number of aromatic nitrogens is 2. The van der Waals surface area contributed by atoms with E-state index in [-0.39, 0.29) is 12.2 Å². The molecule has 1 aromatic heterocycles. The fourth-order valence-corrected chi connectivity index (χ4v) is 2.75. The number of hydrogen-bond acceptors (Lipinski definition) is 2. The van der Waals surface area contributed by atoms with Crippen LogP contribution in [0.1, 0.15) is 11.4 Å². The second-order valence-corrected chi connectivity index (χ2v) is 5.54. The van der Waals surface area contributed by atoms with E-state index < -0.39 is 0 Å². The van der Waals surface area contributed by atoms with Gasteiger partial charge in [-0.15, -0.1) is 0 Å². The summed E-state index contributed by atoms with van der Waals surface area (Å²) in [5.41, 5.74) is 2.79. The summed E-state index contributed by atoms with van der Waals surface area (Å²) in [6, 6.07) is 14.8. The summed E-state index contributed by atoms with van der Waals surface area (Å²) in [7, 11) is 0. The van der Waals surface area contributed by atoms with Gasteiger partial charge in [-0.2, -0.15) is 5.26 Å². The fraction of sp³-hybridized carbons (Fsp3) is 0.125. The zero-order chi connectivity index (χ0) is 14.8. The predicted molar refractivity (Wildman–Crippen MR) is 82.3 cm³/mol. The number of hydrogen-bond donors (Lipinski definition) is 0. The molecule has 0 amide bonds. The second-order valence-electron chi connectivity index (χ2n) is 4.69. The summed E-state index contributed by atoms with van der Waals surface area (Å²) in [6.07, 6.45) is 0.247. The molecule has 3 nitrogen and oxygen atoms in total. The number of imidazole rings is 1. The van der Waals surface area contributed by atoms with E-state index in [9.17, 15) is 4.39 Å². The molecular weight excluding hydrogens is 333 g/mol. The van der Waals surface area contributed by atoms with Gasteiger partial charge in [-0.25, -0.2) is 9.37 Å². The molecule has 0 aliphatic carbocycles. The van der Waals surface area contributed by atoms with E-state index in [0.29, 0.717) is 11.0 Å². The Hall–Kier alpha value is -2.19. The van der Waals surface area contributed by atoms with Crippen LogP contribution in [0.4, 0.5) is 4.39 Å². The molecule has 3 aromatic rings. The van der Waals surface area contributed by atoms with Gasteiger partial charge in [-0.1, -0.05) is 18.2 Å². The van der Waals surface area contributed by atoms with Gasteiger partial charge >= 0.3 is 0 Å². The Morgan fingerprint density at radius 3 is 2.81 bits per heavy atom. The van der Waals surface area contributed by atoms with Crippen molar-refractivity contribution in [3.63, 3.8) is 0 Å².